The summed E-state index contributed by atoms with van der Waals surface area (Å²) in [4.78, 5) is 58.9. The number of nitrogens with one attached hydrogen (secondary N) is 2. The molecule has 0 unspecified atom stereocenters. The van der Waals surface area contributed by atoms with Crippen LogP contribution in [0.3, 0.4) is 0 Å². The minimum Gasteiger partial charge on any atom is -0.457 e. The van der Waals surface area contributed by atoms with E-state index in [4.69, 9.17) is 9.47 Å². The average Bonchev–Trinajstić information content (AvgIpc) is 3.90. The number of nitrogens with zero attached hydrogens (tertiary/aromatic N) is 7. The van der Waals surface area contributed by atoms with E-state index in [-0.39, 0.29) is 34.2 Å². The lowest BCUT2D eigenvalue weighted by molar-refractivity contribution is -0.116. The molecule has 3 aliphatic rings. The highest BCUT2D eigenvalue weighted by atomic mass is 19.3. The number of benzene rings is 2. The van der Waals surface area contributed by atoms with Crippen LogP contribution in [-0.2, 0) is 16.0 Å². The van der Waals surface area contributed by atoms with Gasteiger partial charge in [0, 0.05) is 37.6 Å². The smallest absolute Gasteiger partial charge is 0.299 e. The van der Waals surface area contributed by atoms with Gasteiger partial charge in [-0.3, -0.25) is 29.2 Å². The molecule has 0 radical (unpaired) electrons. The Morgan fingerprint density at radius 1 is 0.984 bits per heavy atom. The highest BCUT2D eigenvalue weighted by Crippen LogP contribution is 2.36. The van der Waals surface area contributed by atoms with Gasteiger partial charge in [0.1, 0.15) is 22.9 Å². The Bertz CT molecular complexity index is 2390. The van der Waals surface area contributed by atoms with Gasteiger partial charge >= 0.3 is 0 Å². The molecule has 3 amide bonds. The van der Waals surface area contributed by atoms with Crippen molar-refractivity contribution in [2.45, 2.75) is 70.3 Å². The largest absolute Gasteiger partial charge is 0.457 e. The molecule has 15 nitrogen and oxygen atoms in total. The maximum atomic E-state index is 14.2. The van der Waals surface area contributed by atoms with Gasteiger partial charge in [-0.2, -0.15) is 10.2 Å². The molecule has 8 rings (SSSR count). The third-order valence-electron chi connectivity index (χ3n) is 11.7. The zero-order valence-electron chi connectivity index (χ0n) is 34.0. The number of anilines is 2. The molecule has 0 atom stereocenters. The quantitative estimate of drug-likeness (QED) is 0.0620. The number of aromatic nitrogens is 5. The first kappa shape index (κ1) is 41.7. The van der Waals surface area contributed by atoms with Crippen molar-refractivity contribution in [1.29, 1.82) is 0 Å². The van der Waals surface area contributed by atoms with E-state index in [1.807, 2.05) is 30.3 Å². The lowest BCUT2D eigenvalue weighted by Gasteiger charge is -2.31. The van der Waals surface area contributed by atoms with Crippen LogP contribution in [0.5, 0.6) is 11.5 Å². The second-order valence-electron chi connectivity index (χ2n) is 16.0. The van der Waals surface area contributed by atoms with Crippen molar-refractivity contribution in [1.82, 2.24) is 34.6 Å². The number of aryl methyl sites for hydroxylation is 1. The van der Waals surface area contributed by atoms with Gasteiger partial charge in [-0.15, -0.1) is 0 Å². The van der Waals surface area contributed by atoms with Crippen molar-refractivity contribution in [2.24, 2.45) is 5.92 Å². The Morgan fingerprint density at radius 2 is 1.75 bits per heavy atom. The first-order chi connectivity index (χ1) is 29.6. The number of carbonyl (C=O) groups is 4. The molecule has 0 spiro atoms. The Kier molecular flexibility index (Phi) is 12.8. The van der Waals surface area contributed by atoms with Crippen molar-refractivity contribution in [3.05, 3.63) is 95.1 Å². The number of rotatable bonds is 16. The third-order valence-corrected chi connectivity index (χ3v) is 11.7. The SMILES string of the molecule is CN(CCCCCCc1ccc(Oc2cccc3c2C(=O)NC(=O)C3=O)cc1)C[C@H]1CC[C@H](n2cc(NC(=O)c3cnn4ccc(N5CCOCC5)nc34)c(C(F)F)n2)CC1. The number of imide groups is 1. The zero-order chi connectivity index (χ0) is 42.5. The van der Waals surface area contributed by atoms with Crippen LogP contribution in [0.4, 0.5) is 20.3 Å². The van der Waals surface area contributed by atoms with E-state index in [9.17, 15) is 28.0 Å². The van der Waals surface area contributed by atoms with Crippen LogP contribution in [-0.4, -0.2) is 99.2 Å². The summed E-state index contributed by atoms with van der Waals surface area (Å²) in [5.41, 5.74) is 1.35. The van der Waals surface area contributed by atoms with E-state index in [2.05, 4.69) is 42.7 Å². The van der Waals surface area contributed by atoms with Crippen molar-refractivity contribution in [3.63, 3.8) is 0 Å². The molecular weight excluding hydrogens is 789 g/mol. The maximum absolute atomic E-state index is 14.2. The second-order valence-corrected chi connectivity index (χ2v) is 16.0. The summed E-state index contributed by atoms with van der Waals surface area (Å²) in [5.74, 6) is -0.974. The predicted octanol–water partition coefficient (Wildman–Crippen LogP) is 6.66. The topological polar surface area (TPSA) is 165 Å². The Hall–Kier alpha value is -6.07. The summed E-state index contributed by atoms with van der Waals surface area (Å²) < 4.78 is 42.9. The summed E-state index contributed by atoms with van der Waals surface area (Å²) in [6.07, 6.45) is 10.7. The van der Waals surface area contributed by atoms with Crippen LogP contribution < -0.4 is 20.3 Å². The van der Waals surface area contributed by atoms with Crippen LogP contribution in [0.25, 0.3) is 5.65 Å². The van der Waals surface area contributed by atoms with E-state index in [0.717, 1.165) is 70.9 Å². The molecule has 2 aromatic carbocycles. The fourth-order valence-corrected chi connectivity index (χ4v) is 8.45. The molecule has 1 saturated carbocycles. The lowest BCUT2D eigenvalue weighted by Crippen LogP contribution is -2.42. The number of hydrogen-bond donors (Lipinski definition) is 2. The first-order valence-electron chi connectivity index (χ1n) is 20.9. The molecule has 1 saturated heterocycles. The number of halogens is 2. The van der Waals surface area contributed by atoms with Gasteiger partial charge in [0.05, 0.1) is 36.7 Å². The number of fused-ring (bicyclic) bond motifs is 2. The number of ether oxygens (including phenoxy) is 2. The van der Waals surface area contributed by atoms with Gasteiger partial charge in [0.15, 0.2) is 11.3 Å². The number of hydrogen-bond acceptors (Lipinski definition) is 11. The maximum Gasteiger partial charge on any atom is 0.299 e. The molecule has 320 valence electrons. The summed E-state index contributed by atoms with van der Waals surface area (Å²) in [5, 5.41) is 13.3. The minimum absolute atomic E-state index is 0.00555. The number of amides is 3. The van der Waals surface area contributed by atoms with Gasteiger partial charge in [-0.25, -0.2) is 18.3 Å². The molecule has 61 heavy (non-hydrogen) atoms. The van der Waals surface area contributed by atoms with Gasteiger partial charge < -0.3 is 24.6 Å². The normalized spacial score (nSPS) is 18.2. The van der Waals surface area contributed by atoms with Crippen LogP contribution in [0, 0.1) is 5.92 Å². The molecule has 0 bridgehead atoms. The van der Waals surface area contributed by atoms with Crippen LogP contribution in [0.1, 0.15) is 106 Å². The molecule has 2 N–H and O–H groups in total. The summed E-state index contributed by atoms with van der Waals surface area (Å²) in [6, 6.07) is 14.1. The fraction of sp³-hybridized carbons (Fsp3) is 0.432. The fourth-order valence-electron chi connectivity index (χ4n) is 8.45. The number of unbranched alkanes of at least 4 members (excludes halogenated alkanes) is 3. The van der Waals surface area contributed by atoms with Crippen molar-refractivity contribution in [3.8, 4) is 11.5 Å². The van der Waals surface area contributed by atoms with E-state index >= 15 is 0 Å². The number of Topliss-reactive ketones (excluding diaryl/α,β-unsaturated/α-hetero) is 1. The second kappa shape index (κ2) is 18.7. The zero-order valence-corrected chi connectivity index (χ0v) is 34.0. The van der Waals surface area contributed by atoms with Gasteiger partial charge in [-0.1, -0.05) is 31.0 Å². The van der Waals surface area contributed by atoms with E-state index < -0.39 is 35.6 Å². The summed E-state index contributed by atoms with van der Waals surface area (Å²) >= 11 is 0. The molecule has 17 heteroatoms. The Labute approximate surface area is 351 Å². The van der Waals surface area contributed by atoms with E-state index in [0.29, 0.717) is 49.4 Å². The molecule has 3 aromatic heterocycles. The summed E-state index contributed by atoms with van der Waals surface area (Å²) in [6.45, 7) is 4.51. The molecular formula is C44H49F2N9O6. The molecule has 2 fully saturated rings. The number of morpholine rings is 1. The van der Waals surface area contributed by atoms with Crippen LogP contribution >= 0.6 is 0 Å². The van der Waals surface area contributed by atoms with E-state index in [1.54, 1.807) is 23.0 Å². The third kappa shape index (κ3) is 9.62. The average molecular weight is 838 g/mol. The number of alkyl halides is 2. The monoisotopic (exact) mass is 837 g/mol. The van der Waals surface area contributed by atoms with Crippen molar-refractivity contribution in [2.75, 3.05) is 56.7 Å². The standard InChI is InChI=1S/C44H49F2N9O6/c1-52(19-5-3-2-4-7-28-12-16-31(17-13-28)61-35-9-6-8-32-37(35)43(58)50-44(59)39(32)56)26-29-10-14-30(15-11-29)55-27-34(38(51-55)40(45)46)48-42(57)33-25-47-54-20-18-36(49-41(33)54)53-21-23-60-24-22-53/h6,8-9,12-13,16-18,20,25,27,29-30,40H,2-5,7,10-11,14-15,19,21-24,26H2,1H3,(H,48,57)(H,50,58,59)/t29-,30-. The number of ketones is 1. The molecule has 2 aliphatic heterocycles. The molecule has 5 aromatic rings. The van der Waals surface area contributed by atoms with E-state index in [1.165, 1.54) is 28.5 Å². The minimum atomic E-state index is -2.85. The van der Waals surface area contributed by atoms with Crippen molar-refractivity contribution < 1.29 is 37.4 Å². The lowest BCUT2D eigenvalue weighted by atomic mass is 9.86. The van der Waals surface area contributed by atoms with Crippen LogP contribution in [0.15, 0.2) is 67.1 Å². The van der Waals surface area contributed by atoms with Gasteiger partial charge in [0.2, 0.25) is 0 Å². The van der Waals surface area contributed by atoms with Gasteiger partial charge in [0.25, 0.3) is 29.9 Å². The predicted molar refractivity (Wildman–Crippen MR) is 222 cm³/mol. The Balaban J connectivity index is 0.749. The highest BCUT2D eigenvalue weighted by Gasteiger charge is 2.33. The first-order valence-corrected chi connectivity index (χ1v) is 20.9. The molecule has 5 heterocycles. The summed E-state index contributed by atoms with van der Waals surface area (Å²) in [7, 11) is 2.16. The highest BCUT2D eigenvalue weighted by molar-refractivity contribution is 6.49. The number of carbonyl (C=O) groups excluding carboxylic acids is 4. The van der Waals surface area contributed by atoms with Gasteiger partial charge in [-0.05, 0) is 100 Å². The van der Waals surface area contributed by atoms with Crippen LogP contribution in [0.2, 0.25) is 0 Å². The Morgan fingerprint density at radius 3 is 2.52 bits per heavy atom. The molecule has 1 aliphatic carbocycles. The van der Waals surface area contributed by atoms with Crippen molar-refractivity contribution >= 4 is 40.7 Å².